The highest BCUT2D eigenvalue weighted by Gasteiger charge is 2.18. The molecule has 0 aliphatic carbocycles. The monoisotopic (exact) mass is 305 g/mol. The van der Waals surface area contributed by atoms with Crippen molar-refractivity contribution < 1.29 is 9.53 Å². The zero-order valence-corrected chi connectivity index (χ0v) is 13.3. The highest BCUT2D eigenvalue weighted by molar-refractivity contribution is 6.81. The Labute approximate surface area is 137 Å². The number of rotatable bonds is 5. The van der Waals surface area contributed by atoms with E-state index in [-0.39, 0.29) is 12.8 Å². The number of hydrogen-bond donors (Lipinski definition) is 1. The molecule has 0 unspecified atom stereocenters. The van der Waals surface area contributed by atoms with Crippen molar-refractivity contribution in [3.05, 3.63) is 65.6 Å². The maximum Gasteiger partial charge on any atom is 0.313 e. The Kier molecular flexibility index (Phi) is 4.81. The van der Waals surface area contributed by atoms with Crippen molar-refractivity contribution in [1.82, 2.24) is 0 Å². The highest BCUT2D eigenvalue weighted by atomic mass is 16.5. The zero-order valence-electron chi connectivity index (χ0n) is 13.3. The summed E-state index contributed by atoms with van der Waals surface area (Å²) in [6.45, 7) is 2.14. The van der Waals surface area contributed by atoms with E-state index in [4.69, 9.17) is 4.74 Å². The van der Waals surface area contributed by atoms with E-state index in [9.17, 15) is 4.79 Å². The summed E-state index contributed by atoms with van der Waals surface area (Å²) >= 11 is 0. The molecular formula is C19H20BNO2. The third kappa shape index (κ3) is 4.04. The third-order valence-corrected chi connectivity index (χ3v) is 3.99. The molecule has 4 heteroatoms. The summed E-state index contributed by atoms with van der Waals surface area (Å²) in [5.74, 6) is 1.98. The molecule has 0 spiro atoms. The SMILES string of the molecule is CC(=O)OCCCc1ccc(B2C=Cc3ccccc3N2)cc1. The van der Waals surface area contributed by atoms with Gasteiger partial charge in [0.2, 0.25) is 0 Å². The molecule has 0 aromatic heterocycles. The molecule has 1 N–H and O–H groups in total. The van der Waals surface area contributed by atoms with Gasteiger partial charge in [0.05, 0.1) is 6.61 Å². The van der Waals surface area contributed by atoms with Gasteiger partial charge in [-0.15, -0.1) is 0 Å². The number of hydrogen-bond acceptors (Lipinski definition) is 3. The molecule has 1 heterocycles. The second kappa shape index (κ2) is 7.18. The van der Waals surface area contributed by atoms with E-state index in [1.807, 2.05) is 6.07 Å². The van der Waals surface area contributed by atoms with Crippen LogP contribution in [0.25, 0.3) is 6.08 Å². The summed E-state index contributed by atoms with van der Waals surface area (Å²) in [7, 11) is 0. The first kappa shape index (κ1) is 15.4. The molecule has 2 aromatic carbocycles. The Balaban J connectivity index is 1.59. The van der Waals surface area contributed by atoms with Gasteiger partial charge in [0, 0.05) is 12.6 Å². The first-order chi connectivity index (χ1) is 11.2. The van der Waals surface area contributed by atoms with E-state index in [2.05, 4.69) is 59.7 Å². The van der Waals surface area contributed by atoms with E-state index >= 15 is 0 Å². The molecule has 0 fully saturated rings. The quantitative estimate of drug-likeness (QED) is 0.524. The van der Waals surface area contributed by atoms with Crippen molar-refractivity contribution >= 4 is 30.0 Å². The third-order valence-electron chi connectivity index (χ3n) is 3.99. The summed E-state index contributed by atoms with van der Waals surface area (Å²) in [6, 6.07) is 17.0. The van der Waals surface area contributed by atoms with Crippen LogP contribution in [0, 0.1) is 0 Å². The largest absolute Gasteiger partial charge is 0.466 e. The van der Waals surface area contributed by atoms with Crippen LogP contribution in [0.3, 0.4) is 0 Å². The minimum Gasteiger partial charge on any atom is -0.466 e. The number of nitrogens with one attached hydrogen (secondary N) is 1. The summed E-state index contributed by atoms with van der Waals surface area (Å²) < 4.78 is 4.96. The number of benzene rings is 2. The number of ether oxygens (including phenoxy) is 1. The van der Waals surface area contributed by atoms with Crippen molar-refractivity contribution in [3.8, 4) is 0 Å². The average Bonchev–Trinajstić information content (AvgIpc) is 2.59. The Hall–Kier alpha value is -2.49. The van der Waals surface area contributed by atoms with Gasteiger partial charge in [-0.3, -0.25) is 4.79 Å². The van der Waals surface area contributed by atoms with Crippen LogP contribution < -0.4 is 10.7 Å². The predicted molar refractivity (Wildman–Crippen MR) is 95.9 cm³/mol. The lowest BCUT2D eigenvalue weighted by atomic mass is 9.54. The standard InChI is InChI=1S/C19H20BNO2/c1-15(22)23-14-4-5-16-8-10-18(11-9-16)20-13-12-17-6-2-3-7-19(17)21-20/h2-3,6-13,21H,4-5,14H2,1H3. The number of anilines is 1. The number of aryl methyl sites for hydroxylation is 1. The van der Waals surface area contributed by atoms with Gasteiger partial charge in [-0.05, 0) is 30.0 Å². The lowest BCUT2D eigenvalue weighted by Crippen LogP contribution is -2.38. The van der Waals surface area contributed by atoms with Crippen LogP contribution in [0.4, 0.5) is 5.69 Å². The van der Waals surface area contributed by atoms with E-state index in [0.717, 1.165) is 12.8 Å². The van der Waals surface area contributed by atoms with Crippen molar-refractivity contribution in [2.45, 2.75) is 19.8 Å². The topological polar surface area (TPSA) is 38.3 Å². The first-order valence-corrected chi connectivity index (χ1v) is 7.98. The molecule has 0 atom stereocenters. The van der Waals surface area contributed by atoms with Crippen LogP contribution in [-0.4, -0.2) is 19.4 Å². The maximum absolute atomic E-state index is 10.7. The van der Waals surface area contributed by atoms with Gasteiger partial charge >= 0.3 is 12.8 Å². The van der Waals surface area contributed by atoms with Gasteiger partial charge in [-0.2, -0.15) is 0 Å². The molecule has 23 heavy (non-hydrogen) atoms. The van der Waals surface area contributed by atoms with Crippen LogP contribution in [-0.2, 0) is 16.0 Å². The second-order valence-corrected chi connectivity index (χ2v) is 5.75. The number of carbonyl (C=O) groups is 1. The highest BCUT2D eigenvalue weighted by Crippen LogP contribution is 2.21. The number of fused-ring (bicyclic) bond motifs is 1. The number of para-hydroxylation sites is 1. The summed E-state index contributed by atoms with van der Waals surface area (Å²) in [5.41, 5.74) is 4.91. The van der Waals surface area contributed by atoms with Crippen molar-refractivity contribution in [3.63, 3.8) is 0 Å². The lowest BCUT2D eigenvalue weighted by molar-refractivity contribution is -0.141. The molecule has 1 aliphatic heterocycles. The molecular weight excluding hydrogens is 285 g/mol. The van der Waals surface area contributed by atoms with Gasteiger partial charge in [0.1, 0.15) is 0 Å². The van der Waals surface area contributed by atoms with Crippen LogP contribution in [0.1, 0.15) is 24.5 Å². The molecule has 0 saturated heterocycles. The summed E-state index contributed by atoms with van der Waals surface area (Å²) in [4.78, 5) is 10.7. The molecule has 116 valence electrons. The maximum atomic E-state index is 10.7. The molecule has 0 bridgehead atoms. The Bertz CT molecular complexity index is 710. The smallest absolute Gasteiger partial charge is 0.313 e. The van der Waals surface area contributed by atoms with Gasteiger partial charge in [0.15, 0.2) is 0 Å². The van der Waals surface area contributed by atoms with Gasteiger partial charge in [-0.1, -0.05) is 60.0 Å². The van der Waals surface area contributed by atoms with Crippen LogP contribution in [0.5, 0.6) is 0 Å². The fourth-order valence-corrected chi connectivity index (χ4v) is 2.77. The number of esters is 1. The van der Waals surface area contributed by atoms with Crippen molar-refractivity contribution in [2.24, 2.45) is 0 Å². The van der Waals surface area contributed by atoms with E-state index in [0.29, 0.717) is 6.61 Å². The van der Waals surface area contributed by atoms with Gasteiger partial charge in [0.25, 0.3) is 0 Å². The van der Waals surface area contributed by atoms with E-state index in [1.165, 1.54) is 29.2 Å². The normalized spacial score (nSPS) is 12.5. The average molecular weight is 305 g/mol. The van der Waals surface area contributed by atoms with Crippen LogP contribution in [0.2, 0.25) is 0 Å². The predicted octanol–water partition coefficient (Wildman–Crippen LogP) is 3.06. The second-order valence-electron chi connectivity index (χ2n) is 5.75. The fraction of sp³-hybridized carbons (Fsp3) is 0.211. The molecule has 3 nitrogen and oxygen atoms in total. The molecule has 0 radical (unpaired) electrons. The van der Waals surface area contributed by atoms with Gasteiger partial charge < -0.3 is 9.96 Å². The Morgan fingerprint density at radius 3 is 2.70 bits per heavy atom. The Morgan fingerprint density at radius 1 is 1.13 bits per heavy atom. The van der Waals surface area contributed by atoms with E-state index < -0.39 is 0 Å². The molecule has 2 aromatic rings. The van der Waals surface area contributed by atoms with Crippen molar-refractivity contribution in [1.29, 1.82) is 0 Å². The van der Waals surface area contributed by atoms with E-state index in [1.54, 1.807) is 0 Å². The summed E-state index contributed by atoms with van der Waals surface area (Å²) in [6.07, 6.45) is 3.95. The molecule has 0 saturated carbocycles. The first-order valence-electron chi connectivity index (χ1n) is 7.98. The van der Waals surface area contributed by atoms with Crippen LogP contribution >= 0.6 is 0 Å². The molecule has 0 amide bonds. The molecule has 1 aliphatic rings. The lowest BCUT2D eigenvalue weighted by Gasteiger charge is -2.20. The summed E-state index contributed by atoms with van der Waals surface area (Å²) in [5, 5.41) is 3.55. The van der Waals surface area contributed by atoms with Crippen LogP contribution in [0.15, 0.2) is 54.5 Å². The minimum atomic E-state index is -0.212. The van der Waals surface area contributed by atoms with Crippen molar-refractivity contribution in [2.75, 3.05) is 11.8 Å². The number of carbonyl (C=O) groups excluding carboxylic acids is 1. The minimum absolute atomic E-state index is 0.208. The zero-order chi connectivity index (χ0) is 16.1. The fourth-order valence-electron chi connectivity index (χ4n) is 2.77. The Morgan fingerprint density at radius 2 is 1.91 bits per heavy atom. The van der Waals surface area contributed by atoms with Gasteiger partial charge in [-0.25, -0.2) is 0 Å². The molecule has 3 rings (SSSR count).